The van der Waals surface area contributed by atoms with E-state index in [1.54, 1.807) is 40.9 Å². The molecular formula is C33H38F2N6O2. The minimum atomic E-state index is -0.624. The monoisotopic (exact) mass is 588 g/mol. The summed E-state index contributed by atoms with van der Waals surface area (Å²) < 4.78 is 37.8. The smallest absolute Gasteiger partial charge is 0.219 e. The van der Waals surface area contributed by atoms with Crippen LogP contribution in [0.3, 0.4) is 0 Å². The Morgan fingerprint density at radius 1 is 1.09 bits per heavy atom. The molecule has 3 aromatic heterocycles. The standard InChI is InChI=1S/C33H38F2N6O2/c1-19-12-23(15-29(36)33(19)40(3)20(2)42)26-6-9-37-17-24(26)16-31-38-18-25-4-5-30(39-41(25)31)32-27(34)13-22(14-28(32)35)21-7-10-43-11-8-21/h4-6,9,13-14,17-19,21,23,29,33H,7-8,10-12,15-16,36H2,1-3H3/t19-,23+,29+,33-/m0/s1. The fraction of sp³-hybridized carbons (Fsp3) is 0.455. The summed E-state index contributed by atoms with van der Waals surface area (Å²) in [5.74, 6) is -0.0769. The number of pyridine rings is 1. The van der Waals surface area contributed by atoms with E-state index in [0.29, 0.717) is 31.0 Å². The summed E-state index contributed by atoms with van der Waals surface area (Å²) in [6.07, 6.45) is 8.92. The summed E-state index contributed by atoms with van der Waals surface area (Å²) in [6, 6.07) is 8.16. The number of benzene rings is 1. The maximum Gasteiger partial charge on any atom is 0.219 e. The first-order valence-corrected chi connectivity index (χ1v) is 15.0. The van der Waals surface area contributed by atoms with Gasteiger partial charge in [-0.3, -0.25) is 9.78 Å². The molecule has 8 nitrogen and oxygen atoms in total. The molecule has 2 aliphatic rings. The molecule has 1 saturated heterocycles. The Morgan fingerprint density at radius 2 is 1.84 bits per heavy atom. The van der Waals surface area contributed by atoms with Gasteiger partial charge in [0.15, 0.2) is 0 Å². The highest BCUT2D eigenvalue weighted by Crippen LogP contribution is 2.39. The van der Waals surface area contributed by atoms with Crippen molar-refractivity contribution in [1.82, 2.24) is 24.5 Å². The summed E-state index contributed by atoms with van der Waals surface area (Å²) in [7, 11) is 1.82. The normalized spacial score (nSPS) is 23.0. The fourth-order valence-electron chi connectivity index (χ4n) is 7.15. The molecule has 4 aromatic rings. The number of rotatable bonds is 6. The molecule has 2 fully saturated rings. The van der Waals surface area contributed by atoms with Crippen LogP contribution in [0.5, 0.6) is 0 Å². The van der Waals surface area contributed by atoms with Crippen LogP contribution in [0.4, 0.5) is 8.78 Å². The predicted octanol–water partition coefficient (Wildman–Crippen LogP) is 5.24. The quantitative estimate of drug-likeness (QED) is 0.331. The van der Waals surface area contributed by atoms with Crippen LogP contribution >= 0.6 is 0 Å². The van der Waals surface area contributed by atoms with E-state index in [1.165, 1.54) is 12.1 Å². The Bertz CT molecular complexity index is 1600. The van der Waals surface area contributed by atoms with Crippen LogP contribution in [0.2, 0.25) is 0 Å². The summed E-state index contributed by atoms with van der Waals surface area (Å²) in [5, 5.41) is 4.65. The van der Waals surface area contributed by atoms with Crippen molar-refractivity contribution in [1.29, 1.82) is 0 Å². The molecule has 1 aliphatic carbocycles. The Morgan fingerprint density at radius 3 is 2.53 bits per heavy atom. The van der Waals surface area contributed by atoms with Crippen molar-refractivity contribution in [3.8, 4) is 11.3 Å². The molecule has 43 heavy (non-hydrogen) atoms. The van der Waals surface area contributed by atoms with E-state index in [1.807, 2.05) is 19.3 Å². The van der Waals surface area contributed by atoms with E-state index in [-0.39, 0.29) is 47.0 Å². The zero-order valence-corrected chi connectivity index (χ0v) is 24.8. The summed E-state index contributed by atoms with van der Waals surface area (Å²) in [5.41, 5.74) is 10.2. The van der Waals surface area contributed by atoms with Crippen LogP contribution < -0.4 is 5.73 Å². The van der Waals surface area contributed by atoms with Crippen LogP contribution in [0.15, 0.2) is 48.9 Å². The second kappa shape index (κ2) is 12.1. The molecule has 1 amide bonds. The number of nitrogens with two attached hydrogens (primary N) is 1. The third-order valence-electron chi connectivity index (χ3n) is 9.38. The number of fused-ring (bicyclic) bond motifs is 1. The number of nitrogens with zero attached hydrogens (tertiary/aromatic N) is 5. The number of hydrogen-bond donors (Lipinski definition) is 1. The number of likely N-dealkylation sites (N-methyl/N-ethyl adjacent to an activating group) is 1. The van der Waals surface area contributed by atoms with Gasteiger partial charge in [0.05, 0.1) is 23.0 Å². The average Bonchev–Trinajstić information content (AvgIpc) is 3.39. The number of ether oxygens (including phenoxy) is 1. The zero-order chi connectivity index (χ0) is 30.2. The molecule has 10 heteroatoms. The summed E-state index contributed by atoms with van der Waals surface area (Å²) in [6.45, 7) is 4.92. The lowest BCUT2D eigenvalue weighted by atomic mass is 9.72. The second-order valence-electron chi connectivity index (χ2n) is 12.2. The molecule has 0 bridgehead atoms. The van der Waals surface area contributed by atoms with Gasteiger partial charge in [-0.05, 0) is 90.5 Å². The number of carbonyl (C=O) groups excluding carboxylic acids is 1. The molecule has 0 radical (unpaired) electrons. The Hall–Kier alpha value is -3.76. The Labute approximate surface area is 250 Å². The first kappa shape index (κ1) is 29.3. The molecule has 1 saturated carbocycles. The maximum absolute atomic E-state index is 15.4. The lowest BCUT2D eigenvalue weighted by Crippen LogP contribution is -2.54. The molecule has 2 N–H and O–H groups in total. The molecule has 1 aliphatic heterocycles. The summed E-state index contributed by atoms with van der Waals surface area (Å²) >= 11 is 0. The topological polar surface area (TPSA) is 98.6 Å². The van der Waals surface area contributed by atoms with Crippen molar-refractivity contribution >= 4 is 11.4 Å². The molecule has 4 atom stereocenters. The van der Waals surface area contributed by atoms with Gasteiger partial charge in [-0.25, -0.2) is 18.3 Å². The number of imidazole rings is 1. The SMILES string of the molecule is CC(=O)N(C)[C@@H]1[C@H](N)C[C@H](c2ccncc2Cc2ncc3ccc(-c4c(F)cc(C5CCOCC5)cc4F)nn23)C[C@@H]1C. The number of aromatic nitrogens is 4. The van der Waals surface area contributed by atoms with Gasteiger partial charge in [-0.15, -0.1) is 0 Å². The van der Waals surface area contributed by atoms with Crippen molar-refractivity contribution < 1.29 is 18.3 Å². The Balaban J connectivity index is 1.28. The highest BCUT2D eigenvalue weighted by molar-refractivity contribution is 5.73. The van der Waals surface area contributed by atoms with Gasteiger partial charge in [0.1, 0.15) is 17.5 Å². The third kappa shape index (κ3) is 5.78. The first-order chi connectivity index (χ1) is 20.7. The molecule has 1 aromatic carbocycles. The predicted molar refractivity (Wildman–Crippen MR) is 160 cm³/mol. The van der Waals surface area contributed by atoms with Gasteiger partial charge in [0.2, 0.25) is 5.91 Å². The van der Waals surface area contributed by atoms with E-state index < -0.39 is 11.6 Å². The molecular weight excluding hydrogens is 550 g/mol. The average molecular weight is 589 g/mol. The van der Waals surface area contributed by atoms with Gasteiger partial charge in [-0.2, -0.15) is 5.10 Å². The molecule has 6 rings (SSSR count). The van der Waals surface area contributed by atoms with Crippen molar-refractivity contribution in [3.63, 3.8) is 0 Å². The van der Waals surface area contributed by atoms with E-state index in [0.717, 1.165) is 42.3 Å². The number of halogens is 2. The van der Waals surface area contributed by atoms with Crippen LogP contribution in [-0.4, -0.2) is 62.7 Å². The maximum atomic E-state index is 15.4. The van der Waals surface area contributed by atoms with Crippen molar-refractivity contribution in [2.45, 2.75) is 69.9 Å². The minimum Gasteiger partial charge on any atom is -0.381 e. The highest BCUT2D eigenvalue weighted by atomic mass is 19.1. The van der Waals surface area contributed by atoms with E-state index in [9.17, 15) is 4.79 Å². The largest absolute Gasteiger partial charge is 0.381 e. The van der Waals surface area contributed by atoms with Crippen molar-refractivity contribution in [2.75, 3.05) is 20.3 Å². The number of hydrogen-bond acceptors (Lipinski definition) is 6. The minimum absolute atomic E-state index is 0.00978. The van der Waals surface area contributed by atoms with Gasteiger partial charge in [0, 0.05) is 58.1 Å². The number of amides is 1. The molecule has 0 unspecified atom stereocenters. The van der Waals surface area contributed by atoms with Crippen LogP contribution in [0, 0.1) is 17.6 Å². The van der Waals surface area contributed by atoms with Gasteiger partial charge in [-0.1, -0.05) is 6.92 Å². The Kier molecular flexibility index (Phi) is 8.24. The van der Waals surface area contributed by atoms with E-state index >= 15 is 8.78 Å². The van der Waals surface area contributed by atoms with Crippen molar-refractivity contribution in [2.24, 2.45) is 11.7 Å². The van der Waals surface area contributed by atoms with Gasteiger partial charge < -0.3 is 15.4 Å². The van der Waals surface area contributed by atoms with Crippen LogP contribution in [-0.2, 0) is 16.0 Å². The summed E-state index contributed by atoms with van der Waals surface area (Å²) in [4.78, 5) is 22.8. The highest BCUT2D eigenvalue weighted by Gasteiger charge is 2.38. The van der Waals surface area contributed by atoms with E-state index in [4.69, 9.17) is 10.5 Å². The lowest BCUT2D eigenvalue weighted by Gasteiger charge is -2.43. The molecule has 0 spiro atoms. The van der Waals surface area contributed by atoms with Crippen LogP contribution in [0.25, 0.3) is 16.8 Å². The second-order valence-corrected chi connectivity index (χ2v) is 12.2. The molecule has 226 valence electrons. The third-order valence-corrected chi connectivity index (χ3v) is 9.38. The number of carbonyl (C=O) groups is 1. The van der Waals surface area contributed by atoms with E-state index in [2.05, 4.69) is 22.0 Å². The fourth-order valence-corrected chi connectivity index (χ4v) is 7.15. The van der Waals surface area contributed by atoms with Crippen LogP contribution in [0.1, 0.15) is 73.9 Å². The first-order valence-electron chi connectivity index (χ1n) is 15.0. The lowest BCUT2D eigenvalue weighted by molar-refractivity contribution is -0.131. The van der Waals surface area contributed by atoms with Gasteiger partial charge in [0.25, 0.3) is 0 Å². The zero-order valence-electron chi connectivity index (χ0n) is 24.8. The van der Waals surface area contributed by atoms with Gasteiger partial charge >= 0.3 is 0 Å². The van der Waals surface area contributed by atoms with Crippen molar-refractivity contribution in [3.05, 3.63) is 83.1 Å². The molecule has 4 heterocycles.